The first-order valence-corrected chi connectivity index (χ1v) is 10.3. The Morgan fingerprint density at radius 1 is 1.14 bits per heavy atom. The molecule has 0 radical (unpaired) electrons. The van der Waals surface area contributed by atoms with Crippen molar-refractivity contribution in [3.63, 3.8) is 0 Å². The number of aromatic amines is 1. The van der Waals surface area contributed by atoms with Crippen molar-refractivity contribution in [1.29, 1.82) is 5.26 Å². The second kappa shape index (κ2) is 7.85. The van der Waals surface area contributed by atoms with E-state index < -0.39 is 0 Å². The van der Waals surface area contributed by atoms with Gasteiger partial charge in [-0.25, -0.2) is 4.98 Å². The molecule has 4 rings (SSSR count). The van der Waals surface area contributed by atoms with E-state index >= 15 is 0 Å². The fraction of sp³-hybridized carbons (Fsp3) is 0.391. The summed E-state index contributed by atoms with van der Waals surface area (Å²) in [5, 5.41) is 9.42. The van der Waals surface area contributed by atoms with E-state index in [0.717, 1.165) is 48.3 Å². The van der Waals surface area contributed by atoms with Crippen LogP contribution < -0.4 is 4.74 Å². The summed E-state index contributed by atoms with van der Waals surface area (Å²) in [6, 6.07) is 13.9. The van der Waals surface area contributed by atoms with Crippen LogP contribution in [0.4, 0.5) is 0 Å². The minimum atomic E-state index is 0.178. The van der Waals surface area contributed by atoms with Crippen molar-refractivity contribution >= 4 is 22.6 Å². The highest BCUT2D eigenvalue weighted by molar-refractivity contribution is 6.31. The highest BCUT2D eigenvalue weighted by Crippen LogP contribution is 2.35. The van der Waals surface area contributed by atoms with Gasteiger partial charge in [-0.15, -0.1) is 0 Å². The van der Waals surface area contributed by atoms with Gasteiger partial charge in [-0.3, -0.25) is 0 Å². The van der Waals surface area contributed by atoms with Crippen molar-refractivity contribution in [3.05, 3.63) is 58.4 Å². The molecule has 1 N–H and O–H groups in total. The predicted octanol–water partition coefficient (Wildman–Crippen LogP) is 6.32. The van der Waals surface area contributed by atoms with E-state index in [9.17, 15) is 0 Å². The van der Waals surface area contributed by atoms with Gasteiger partial charge in [0.2, 0.25) is 0 Å². The van der Waals surface area contributed by atoms with Gasteiger partial charge >= 0.3 is 0 Å². The molecule has 0 bridgehead atoms. The number of nitrogens with one attached hydrogen (secondary N) is 1. The van der Waals surface area contributed by atoms with Crippen LogP contribution >= 0.6 is 11.6 Å². The van der Waals surface area contributed by atoms with Crippen molar-refractivity contribution < 1.29 is 4.74 Å². The molecule has 0 saturated heterocycles. The smallest absolute Gasteiger partial charge is 0.121 e. The van der Waals surface area contributed by atoms with E-state index in [1.54, 1.807) is 12.1 Å². The topological polar surface area (TPSA) is 61.7 Å². The van der Waals surface area contributed by atoms with Crippen molar-refractivity contribution in [2.75, 3.05) is 0 Å². The predicted molar refractivity (Wildman–Crippen MR) is 112 cm³/mol. The minimum Gasteiger partial charge on any atom is -0.490 e. The molecule has 0 aliphatic heterocycles. The Kier molecular flexibility index (Phi) is 5.28. The zero-order valence-electron chi connectivity index (χ0n) is 16.2. The number of rotatable bonds is 4. The first kappa shape index (κ1) is 18.8. The van der Waals surface area contributed by atoms with Crippen LogP contribution in [-0.2, 0) is 0 Å². The fourth-order valence-corrected chi connectivity index (χ4v) is 4.11. The van der Waals surface area contributed by atoms with Crippen molar-refractivity contribution in [3.8, 4) is 11.8 Å². The molecule has 1 heterocycles. The number of hydrogen-bond acceptors (Lipinski definition) is 3. The van der Waals surface area contributed by atoms with E-state index in [0.29, 0.717) is 22.4 Å². The average molecular weight is 394 g/mol. The van der Waals surface area contributed by atoms with E-state index in [2.05, 4.69) is 43.1 Å². The Balaban J connectivity index is 1.40. The Labute approximate surface area is 170 Å². The van der Waals surface area contributed by atoms with E-state index in [-0.39, 0.29) is 6.10 Å². The summed E-state index contributed by atoms with van der Waals surface area (Å²) in [6.45, 7) is 4.41. The number of aromatic nitrogens is 2. The molecule has 0 atom stereocenters. The highest BCUT2D eigenvalue weighted by atomic mass is 35.5. The molecular weight excluding hydrogens is 370 g/mol. The molecule has 1 aliphatic rings. The minimum absolute atomic E-state index is 0.178. The largest absolute Gasteiger partial charge is 0.490 e. The van der Waals surface area contributed by atoms with Crippen LogP contribution in [0.25, 0.3) is 11.0 Å². The van der Waals surface area contributed by atoms with Gasteiger partial charge in [-0.2, -0.15) is 5.26 Å². The monoisotopic (exact) mass is 393 g/mol. The number of benzene rings is 2. The van der Waals surface area contributed by atoms with Gasteiger partial charge in [-0.1, -0.05) is 31.5 Å². The number of fused-ring (bicyclic) bond motifs is 1. The molecule has 1 aliphatic carbocycles. The summed E-state index contributed by atoms with van der Waals surface area (Å²) in [6.07, 6.45) is 4.24. The molecule has 28 heavy (non-hydrogen) atoms. The van der Waals surface area contributed by atoms with Gasteiger partial charge in [0.1, 0.15) is 17.6 Å². The molecule has 0 amide bonds. The lowest BCUT2D eigenvalue weighted by molar-refractivity contribution is 0.145. The second-order valence-electron chi connectivity index (χ2n) is 7.90. The molecule has 3 aromatic rings. The zero-order valence-corrected chi connectivity index (χ0v) is 17.0. The lowest BCUT2D eigenvalue weighted by atomic mass is 9.87. The van der Waals surface area contributed by atoms with Crippen LogP contribution in [0.5, 0.6) is 5.75 Å². The Hall–Kier alpha value is -2.51. The Bertz CT molecular complexity index is 1030. The van der Waals surface area contributed by atoms with Crippen LogP contribution in [0, 0.1) is 11.3 Å². The number of imidazole rings is 1. The van der Waals surface area contributed by atoms with Crippen LogP contribution in [0.15, 0.2) is 36.4 Å². The molecule has 0 spiro atoms. The average Bonchev–Trinajstić information content (AvgIpc) is 3.12. The van der Waals surface area contributed by atoms with E-state index in [4.69, 9.17) is 26.6 Å². The normalized spacial score (nSPS) is 19.7. The maximum atomic E-state index is 8.98. The van der Waals surface area contributed by atoms with Crippen LogP contribution in [0.1, 0.15) is 68.3 Å². The number of nitriles is 1. The second-order valence-corrected chi connectivity index (χ2v) is 8.31. The summed E-state index contributed by atoms with van der Waals surface area (Å²) >= 11 is 6.10. The lowest BCUT2D eigenvalue weighted by Crippen LogP contribution is -2.23. The highest BCUT2D eigenvalue weighted by Gasteiger charge is 2.26. The first-order valence-electron chi connectivity index (χ1n) is 9.89. The number of H-pyrrole nitrogens is 1. The molecule has 5 heteroatoms. The Morgan fingerprint density at radius 2 is 1.93 bits per heavy atom. The van der Waals surface area contributed by atoms with Gasteiger partial charge in [-0.05, 0) is 61.4 Å². The maximum absolute atomic E-state index is 8.98. The summed E-state index contributed by atoms with van der Waals surface area (Å²) in [5.74, 6) is 2.78. The third-order valence-corrected chi connectivity index (χ3v) is 5.93. The first-order chi connectivity index (χ1) is 13.5. The molecule has 1 saturated carbocycles. The van der Waals surface area contributed by atoms with Crippen molar-refractivity contribution in [1.82, 2.24) is 9.97 Å². The number of nitrogens with zero attached hydrogens (tertiary/aromatic N) is 2. The van der Waals surface area contributed by atoms with Gasteiger partial charge in [0, 0.05) is 12.0 Å². The standard InChI is InChI=1S/C23H24ClN3O/c1-14(2)16-6-10-21-22(11-16)27-23(26-21)15-3-7-18(8-4-15)28-19-9-5-17(13-25)20(24)12-19/h5-6,9-12,14-15,18H,3-4,7-8H2,1-2H3,(H,26,27). The summed E-state index contributed by atoms with van der Waals surface area (Å²) in [4.78, 5) is 8.39. The molecular formula is C23H24ClN3O. The molecule has 144 valence electrons. The quantitative estimate of drug-likeness (QED) is 0.564. The van der Waals surface area contributed by atoms with Crippen LogP contribution in [-0.4, -0.2) is 16.1 Å². The molecule has 1 aromatic heterocycles. The number of hydrogen-bond donors (Lipinski definition) is 1. The van der Waals surface area contributed by atoms with E-state index in [1.807, 2.05) is 6.07 Å². The molecule has 2 aromatic carbocycles. The maximum Gasteiger partial charge on any atom is 0.121 e. The third-order valence-electron chi connectivity index (χ3n) is 5.62. The summed E-state index contributed by atoms with van der Waals surface area (Å²) in [5.41, 5.74) is 3.98. The van der Waals surface area contributed by atoms with Crippen molar-refractivity contribution in [2.45, 2.75) is 57.5 Å². The summed E-state index contributed by atoms with van der Waals surface area (Å²) < 4.78 is 6.10. The van der Waals surface area contributed by atoms with Gasteiger partial charge in [0.05, 0.1) is 27.7 Å². The number of ether oxygens (including phenoxy) is 1. The van der Waals surface area contributed by atoms with Gasteiger partial charge < -0.3 is 9.72 Å². The number of halogens is 1. The molecule has 0 unspecified atom stereocenters. The molecule has 1 fully saturated rings. The fourth-order valence-electron chi connectivity index (χ4n) is 3.90. The van der Waals surface area contributed by atoms with Gasteiger partial charge in [0.25, 0.3) is 0 Å². The van der Waals surface area contributed by atoms with Crippen LogP contribution in [0.3, 0.4) is 0 Å². The van der Waals surface area contributed by atoms with E-state index in [1.165, 1.54) is 5.56 Å². The lowest BCUT2D eigenvalue weighted by Gasteiger charge is -2.28. The molecule has 4 nitrogen and oxygen atoms in total. The Morgan fingerprint density at radius 3 is 2.61 bits per heavy atom. The van der Waals surface area contributed by atoms with Gasteiger partial charge in [0.15, 0.2) is 0 Å². The van der Waals surface area contributed by atoms with Crippen LogP contribution in [0.2, 0.25) is 5.02 Å². The third kappa shape index (κ3) is 3.86. The summed E-state index contributed by atoms with van der Waals surface area (Å²) in [7, 11) is 0. The van der Waals surface area contributed by atoms with Crippen molar-refractivity contribution in [2.24, 2.45) is 0 Å². The zero-order chi connectivity index (χ0) is 19.7. The SMILES string of the molecule is CC(C)c1ccc2[nH]c(C3CCC(Oc4ccc(C#N)c(Cl)c4)CC3)nc2c1.